The van der Waals surface area contributed by atoms with E-state index in [1.165, 1.54) is 25.4 Å². The highest BCUT2D eigenvalue weighted by molar-refractivity contribution is 5.89. The third kappa shape index (κ3) is 5.09. The minimum Gasteiger partial charge on any atom is -0.380 e. The van der Waals surface area contributed by atoms with Crippen LogP contribution in [0.3, 0.4) is 0 Å². The van der Waals surface area contributed by atoms with Gasteiger partial charge in [-0.05, 0) is 30.3 Å². The second kappa shape index (κ2) is 9.67. The molecule has 0 unspecified atom stereocenters. The Morgan fingerprint density at radius 3 is 2.86 bits per heavy atom. The van der Waals surface area contributed by atoms with Crippen molar-refractivity contribution in [2.45, 2.75) is 26.0 Å². The molecule has 0 aliphatic carbocycles. The zero-order valence-electron chi connectivity index (χ0n) is 16.1. The van der Waals surface area contributed by atoms with Gasteiger partial charge >= 0.3 is 0 Å². The molecule has 2 atom stereocenters. The second-order valence-corrected chi connectivity index (χ2v) is 6.72. The molecule has 0 saturated carbocycles. The summed E-state index contributed by atoms with van der Waals surface area (Å²) in [6, 6.07) is 6.06. The van der Waals surface area contributed by atoms with E-state index in [4.69, 9.17) is 9.57 Å². The largest absolute Gasteiger partial charge is 0.380 e. The third-order valence-corrected chi connectivity index (χ3v) is 4.87. The smallest absolute Gasteiger partial charge is 0.247 e. The first-order valence-electron chi connectivity index (χ1n) is 9.22. The highest BCUT2D eigenvalue weighted by Gasteiger charge is 2.31. The molecular formula is C18H25FN6O3. The number of para-hydroxylation sites is 1. The lowest BCUT2D eigenvalue weighted by Crippen LogP contribution is -2.48. The van der Waals surface area contributed by atoms with Crippen LogP contribution < -0.4 is 5.06 Å². The maximum absolute atomic E-state index is 14.0. The molecule has 1 saturated heterocycles. The Balaban J connectivity index is 1.55. The molecule has 0 N–H and O–H groups in total. The number of carbonyl (C=O) groups excluding carboxylic acids is 1. The van der Waals surface area contributed by atoms with E-state index in [1.54, 1.807) is 24.0 Å². The summed E-state index contributed by atoms with van der Waals surface area (Å²) in [4.78, 5) is 21.5. The van der Waals surface area contributed by atoms with Crippen LogP contribution >= 0.6 is 0 Å². The van der Waals surface area contributed by atoms with Crippen LogP contribution in [0.5, 0.6) is 0 Å². The Morgan fingerprint density at radius 1 is 1.36 bits per heavy atom. The van der Waals surface area contributed by atoms with E-state index in [1.807, 2.05) is 0 Å². The van der Waals surface area contributed by atoms with Crippen LogP contribution in [0.25, 0.3) is 0 Å². The maximum Gasteiger partial charge on any atom is 0.247 e. The number of aromatic nitrogens is 4. The molecule has 1 aliphatic rings. The van der Waals surface area contributed by atoms with E-state index in [0.29, 0.717) is 6.54 Å². The Labute approximate surface area is 163 Å². The van der Waals surface area contributed by atoms with Crippen LogP contribution in [0.2, 0.25) is 0 Å². The molecule has 1 fully saturated rings. The fraction of sp³-hybridized carbons (Fsp3) is 0.556. The van der Waals surface area contributed by atoms with Gasteiger partial charge in [-0.2, -0.15) is 9.86 Å². The van der Waals surface area contributed by atoms with Gasteiger partial charge in [-0.3, -0.25) is 14.5 Å². The molecule has 3 rings (SSSR count). The number of ether oxygens (including phenoxy) is 1. The molecule has 9 nitrogen and oxygen atoms in total. The normalized spacial score (nSPS) is 20.2. The summed E-state index contributed by atoms with van der Waals surface area (Å²) in [6.45, 7) is 4.66. The lowest BCUT2D eigenvalue weighted by molar-refractivity contribution is -0.126. The van der Waals surface area contributed by atoms with Gasteiger partial charge in [0.15, 0.2) is 6.33 Å². The zero-order valence-corrected chi connectivity index (χ0v) is 16.1. The predicted molar refractivity (Wildman–Crippen MR) is 98.7 cm³/mol. The van der Waals surface area contributed by atoms with Crippen molar-refractivity contribution < 1.29 is 18.8 Å². The number of piperidine rings is 1. The second-order valence-electron chi connectivity index (χ2n) is 6.72. The number of carbonyl (C=O) groups is 1. The van der Waals surface area contributed by atoms with Crippen molar-refractivity contribution in [1.82, 2.24) is 25.1 Å². The van der Waals surface area contributed by atoms with Gasteiger partial charge in [0.1, 0.15) is 11.5 Å². The van der Waals surface area contributed by atoms with Gasteiger partial charge in [0.05, 0.1) is 19.3 Å². The first-order valence-corrected chi connectivity index (χ1v) is 9.22. The number of tetrazole rings is 1. The number of amides is 1. The van der Waals surface area contributed by atoms with E-state index in [0.717, 1.165) is 31.1 Å². The van der Waals surface area contributed by atoms with Crippen LogP contribution in [-0.4, -0.2) is 70.5 Å². The lowest BCUT2D eigenvalue weighted by Gasteiger charge is -2.38. The Hall–Kier alpha value is -2.43. The molecule has 10 heteroatoms. The van der Waals surface area contributed by atoms with Crippen molar-refractivity contribution >= 4 is 11.6 Å². The number of rotatable bonds is 8. The van der Waals surface area contributed by atoms with Crippen molar-refractivity contribution in [3.63, 3.8) is 0 Å². The number of anilines is 1. The van der Waals surface area contributed by atoms with Crippen LogP contribution in [0.4, 0.5) is 10.1 Å². The van der Waals surface area contributed by atoms with E-state index in [-0.39, 0.29) is 30.2 Å². The molecular weight excluding hydrogens is 367 g/mol. The Kier molecular flexibility index (Phi) is 7.01. The van der Waals surface area contributed by atoms with Gasteiger partial charge < -0.3 is 4.74 Å². The number of hydrogen-bond acceptors (Lipinski definition) is 7. The zero-order chi connectivity index (χ0) is 19.9. The molecule has 1 aliphatic heterocycles. The van der Waals surface area contributed by atoms with E-state index < -0.39 is 5.82 Å². The van der Waals surface area contributed by atoms with Crippen LogP contribution in [-0.2, 0) is 20.9 Å². The highest BCUT2D eigenvalue weighted by Crippen LogP contribution is 2.24. The average Bonchev–Trinajstić information content (AvgIpc) is 3.21. The quantitative estimate of drug-likeness (QED) is 0.623. The van der Waals surface area contributed by atoms with Gasteiger partial charge in [0.25, 0.3) is 0 Å². The maximum atomic E-state index is 14.0. The summed E-state index contributed by atoms with van der Waals surface area (Å²) in [5, 5.41) is 12.6. The first-order chi connectivity index (χ1) is 13.6. The van der Waals surface area contributed by atoms with Crippen LogP contribution in [0, 0.1) is 11.7 Å². The fourth-order valence-corrected chi connectivity index (χ4v) is 3.33. The Bertz CT molecular complexity index is 760. The molecule has 1 aromatic carbocycles. The van der Waals surface area contributed by atoms with Gasteiger partial charge in [0, 0.05) is 33.0 Å². The molecule has 0 spiro atoms. The number of methoxy groups -OCH3 is 1. The minimum atomic E-state index is -0.502. The molecule has 2 aromatic rings. The molecule has 0 bridgehead atoms. The standard InChI is InChI=1S/C18H25FN6O3/c1-14(26)25(17-6-4-3-5-16(17)19)28-12-15-7-8-23(11-18(15)27-2)9-10-24-21-13-20-22-24/h3-6,13,15,18H,7-12H2,1-2H3/t15-,18-/m1/s1. The molecule has 1 amide bonds. The monoisotopic (exact) mass is 392 g/mol. The number of benzene rings is 1. The van der Waals surface area contributed by atoms with Gasteiger partial charge in [-0.15, -0.1) is 10.2 Å². The molecule has 28 heavy (non-hydrogen) atoms. The summed E-state index contributed by atoms with van der Waals surface area (Å²) in [5.74, 6) is -0.784. The van der Waals surface area contributed by atoms with Crippen LogP contribution in [0.15, 0.2) is 30.6 Å². The molecule has 1 aromatic heterocycles. The summed E-state index contributed by atoms with van der Waals surface area (Å²) >= 11 is 0. The third-order valence-electron chi connectivity index (χ3n) is 4.87. The van der Waals surface area contributed by atoms with E-state index in [2.05, 4.69) is 20.3 Å². The average molecular weight is 392 g/mol. The highest BCUT2D eigenvalue weighted by atomic mass is 19.1. The number of halogens is 1. The summed E-state index contributed by atoms with van der Waals surface area (Å²) in [5.41, 5.74) is 0.113. The molecule has 0 radical (unpaired) electrons. The van der Waals surface area contributed by atoms with Gasteiger partial charge in [-0.1, -0.05) is 12.1 Å². The number of hydroxylamine groups is 1. The van der Waals surface area contributed by atoms with Crippen molar-refractivity contribution in [3.05, 3.63) is 36.4 Å². The van der Waals surface area contributed by atoms with E-state index >= 15 is 0 Å². The summed E-state index contributed by atoms with van der Waals surface area (Å²) in [6.07, 6.45) is 2.20. The number of hydrogen-bond donors (Lipinski definition) is 0. The van der Waals surface area contributed by atoms with E-state index in [9.17, 15) is 9.18 Å². The molecule has 152 valence electrons. The van der Waals surface area contributed by atoms with Gasteiger partial charge in [0.2, 0.25) is 5.91 Å². The van der Waals surface area contributed by atoms with Crippen LogP contribution in [0.1, 0.15) is 13.3 Å². The number of likely N-dealkylation sites (tertiary alicyclic amines) is 1. The molecule has 2 heterocycles. The topological polar surface area (TPSA) is 85.6 Å². The van der Waals surface area contributed by atoms with Gasteiger partial charge in [-0.25, -0.2) is 4.39 Å². The van der Waals surface area contributed by atoms with Crippen molar-refractivity contribution in [1.29, 1.82) is 0 Å². The van der Waals surface area contributed by atoms with Crippen molar-refractivity contribution in [3.8, 4) is 0 Å². The number of nitrogens with zero attached hydrogens (tertiary/aromatic N) is 6. The summed E-state index contributed by atoms with van der Waals surface area (Å²) in [7, 11) is 1.67. The predicted octanol–water partition coefficient (Wildman–Crippen LogP) is 1.13. The first kappa shape index (κ1) is 20.3. The van der Waals surface area contributed by atoms with Crippen molar-refractivity contribution in [2.75, 3.05) is 38.4 Å². The lowest BCUT2D eigenvalue weighted by atomic mass is 9.94. The van der Waals surface area contributed by atoms with Crippen molar-refractivity contribution in [2.24, 2.45) is 5.92 Å². The SMILES string of the molecule is CO[C@@H]1CN(CCn2ncnn2)CC[C@@H]1CON(C(C)=O)c1ccccc1F. The Morgan fingerprint density at radius 2 is 2.18 bits per heavy atom. The summed E-state index contributed by atoms with van der Waals surface area (Å²) < 4.78 is 19.7. The fourth-order valence-electron chi connectivity index (χ4n) is 3.33. The minimum absolute atomic E-state index is 0.0492.